The van der Waals surface area contributed by atoms with Crippen LogP contribution in [0.15, 0.2) is 0 Å². The van der Waals surface area contributed by atoms with Crippen LogP contribution in [0.2, 0.25) is 0 Å². The Morgan fingerprint density at radius 3 is 2.45 bits per heavy atom. The fraction of sp³-hybridized carbons (Fsp3) is 0.923. The van der Waals surface area contributed by atoms with Gasteiger partial charge in [0, 0.05) is 13.1 Å². The van der Waals surface area contributed by atoms with Crippen LogP contribution in [-0.2, 0) is 19.6 Å². The molecule has 2 rings (SSSR count). The summed E-state index contributed by atoms with van der Waals surface area (Å²) in [6, 6.07) is 0. The lowest BCUT2D eigenvalue weighted by atomic mass is 9.85. The predicted octanol–water partition coefficient (Wildman–Crippen LogP) is 0.361. The molecule has 1 N–H and O–H groups in total. The molecule has 2 fully saturated rings. The summed E-state index contributed by atoms with van der Waals surface area (Å²) in [5.74, 6) is -1.01. The Hall–Kier alpha value is -0.660. The van der Waals surface area contributed by atoms with Gasteiger partial charge in [-0.3, -0.25) is 4.79 Å². The number of nitrogens with zero attached hydrogens (tertiary/aromatic N) is 1. The van der Waals surface area contributed by atoms with Crippen LogP contribution < -0.4 is 0 Å². The number of methoxy groups -OCH3 is 1. The third-order valence-electron chi connectivity index (χ3n) is 4.67. The molecule has 20 heavy (non-hydrogen) atoms. The van der Waals surface area contributed by atoms with Crippen molar-refractivity contribution in [3.8, 4) is 0 Å². The van der Waals surface area contributed by atoms with Gasteiger partial charge in [0.15, 0.2) is 0 Å². The summed E-state index contributed by atoms with van der Waals surface area (Å²) in [4.78, 5) is 11.7. The van der Waals surface area contributed by atoms with E-state index in [2.05, 4.69) is 0 Å². The molecular formula is C13H23NO5S. The molecule has 1 saturated carbocycles. The van der Waals surface area contributed by atoms with Crippen molar-refractivity contribution in [2.45, 2.75) is 44.0 Å². The topological polar surface area (TPSA) is 83.9 Å². The predicted molar refractivity (Wildman–Crippen MR) is 73.4 cm³/mol. The molecule has 7 heteroatoms. The summed E-state index contributed by atoms with van der Waals surface area (Å²) in [5, 5.41) is 9.49. The van der Waals surface area contributed by atoms with E-state index in [1.165, 1.54) is 11.4 Å². The molecule has 0 amide bonds. The van der Waals surface area contributed by atoms with Crippen molar-refractivity contribution in [3.63, 3.8) is 0 Å². The molecule has 2 atom stereocenters. The Morgan fingerprint density at radius 1 is 1.35 bits per heavy atom. The van der Waals surface area contributed by atoms with Crippen molar-refractivity contribution in [1.29, 1.82) is 0 Å². The maximum absolute atomic E-state index is 12.6. The van der Waals surface area contributed by atoms with Gasteiger partial charge in [0.05, 0.1) is 23.9 Å². The summed E-state index contributed by atoms with van der Waals surface area (Å²) in [7, 11) is -2.26. The SMILES string of the molecule is COC(=O)C1CCCC1S(=O)(=O)N1CC(O)(C(C)C)C1. The maximum Gasteiger partial charge on any atom is 0.310 e. The standard InChI is InChI=1S/C13H23NO5S/c1-9(2)13(16)7-14(8-13)20(17,18)11-6-4-5-10(11)12(15)19-3/h9-11,16H,4-8H2,1-3H3. The lowest BCUT2D eigenvalue weighted by Gasteiger charge is -2.49. The minimum Gasteiger partial charge on any atom is -0.469 e. The van der Waals surface area contributed by atoms with E-state index in [0.717, 1.165) is 0 Å². The van der Waals surface area contributed by atoms with Gasteiger partial charge >= 0.3 is 5.97 Å². The summed E-state index contributed by atoms with van der Waals surface area (Å²) < 4.78 is 31.1. The average Bonchev–Trinajstić information content (AvgIpc) is 2.83. The molecule has 1 heterocycles. The van der Waals surface area contributed by atoms with Crippen molar-refractivity contribution in [2.75, 3.05) is 20.2 Å². The van der Waals surface area contributed by atoms with Gasteiger partial charge in [0.25, 0.3) is 0 Å². The highest BCUT2D eigenvalue weighted by Crippen LogP contribution is 2.38. The first-order valence-electron chi connectivity index (χ1n) is 7.01. The van der Waals surface area contributed by atoms with Gasteiger partial charge < -0.3 is 9.84 Å². The Morgan fingerprint density at radius 2 is 1.95 bits per heavy atom. The van der Waals surface area contributed by atoms with E-state index in [4.69, 9.17) is 4.74 Å². The fourth-order valence-electron chi connectivity index (χ4n) is 3.00. The fourth-order valence-corrected chi connectivity index (χ4v) is 5.32. The van der Waals surface area contributed by atoms with Crippen LogP contribution in [0.3, 0.4) is 0 Å². The number of β-amino-alcohol motifs (C(OH)–C–C–N with tert-alkyl or cyclic N) is 1. The van der Waals surface area contributed by atoms with E-state index in [9.17, 15) is 18.3 Å². The van der Waals surface area contributed by atoms with E-state index in [-0.39, 0.29) is 19.0 Å². The van der Waals surface area contributed by atoms with Crippen LogP contribution in [0.5, 0.6) is 0 Å². The maximum atomic E-state index is 12.6. The molecule has 2 aliphatic rings. The molecule has 0 aromatic heterocycles. The van der Waals surface area contributed by atoms with Crippen molar-refractivity contribution >= 4 is 16.0 Å². The molecule has 0 aromatic carbocycles. The largest absolute Gasteiger partial charge is 0.469 e. The number of hydrogen-bond acceptors (Lipinski definition) is 5. The number of ether oxygens (including phenoxy) is 1. The third-order valence-corrected chi connectivity index (χ3v) is 6.98. The van der Waals surface area contributed by atoms with Crippen molar-refractivity contribution in [1.82, 2.24) is 4.31 Å². The Labute approximate surface area is 120 Å². The van der Waals surface area contributed by atoms with Gasteiger partial charge in [-0.25, -0.2) is 8.42 Å². The van der Waals surface area contributed by atoms with Crippen molar-refractivity contribution in [2.24, 2.45) is 11.8 Å². The first-order chi connectivity index (χ1) is 9.22. The van der Waals surface area contributed by atoms with Crippen molar-refractivity contribution in [3.05, 3.63) is 0 Å². The van der Waals surface area contributed by atoms with Crippen LogP contribution in [0, 0.1) is 11.8 Å². The molecule has 0 aromatic rings. The molecule has 6 nitrogen and oxygen atoms in total. The molecule has 116 valence electrons. The third kappa shape index (κ3) is 2.46. The lowest BCUT2D eigenvalue weighted by Crippen LogP contribution is -2.67. The second kappa shape index (κ2) is 5.27. The Kier molecular flexibility index (Phi) is 4.15. The summed E-state index contributed by atoms with van der Waals surface area (Å²) in [6.45, 7) is 3.99. The van der Waals surface area contributed by atoms with Gasteiger partial charge in [0.1, 0.15) is 0 Å². The van der Waals surface area contributed by atoms with Crippen molar-refractivity contribution < 1.29 is 23.1 Å². The monoisotopic (exact) mass is 305 g/mol. The molecule has 0 radical (unpaired) electrons. The summed E-state index contributed by atoms with van der Waals surface area (Å²) in [5.41, 5.74) is -0.938. The highest BCUT2D eigenvalue weighted by molar-refractivity contribution is 7.89. The minimum atomic E-state index is -3.54. The molecular weight excluding hydrogens is 282 g/mol. The molecule has 1 aliphatic heterocycles. The zero-order chi connectivity index (χ0) is 15.1. The highest BCUT2D eigenvalue weighted by Gasteiger charge is 2.53. The minimum absolute atomic E-state index is 0.00827. The highest BCUT2D eigenvalue weighted by atomic mass is 32.2. The number of aliphatic hydroxyl groups is 1. The second-order valence-corrected chi connectivity index (χ2v) is 8.32. The van der Waals surface area contributed by atoms with Crippen LogP contribution in [0.4, 0.5) is 0 Å². The Balaban J connectivity index is 2.10. The quantitative estimate of drug-likeness (QED) is 0.758. The number of carbonyl (C=O) groups is 1. The zero-order valence-corrected chi connectivity index (χ0v) is 13.0. The number of rotatable bonds is 4. The normalized spacial score (nSPS) is 30.2. The lowest BCUT2D eigenvalue weighted by molar-refractivity contribution is -0.145. The first kappa shape index (κ1) is 15.7. The van der Waals surface area contributed by atoms with E-state index >= 15 is 0 Å². The molecule has 1 saturated heterocycles. The van der Waals surface area contributed by atoms with Crippen LogP contribution in [-0.4, -0.2) is 54.8 Å². The smallest absolute Gasteiger partial charge is 0.310 e. The van der Waals surface area contributed by atoms with Gasteiger partial charge in [-0.1, -0.05) is 20.3 Å². The van der Waals surface area contributed by atoms with E-state index in [0.29, 0.717) is 19.3 Å². The summed E-state index contributed by atoms with van der Waals surface area (Å²) in [6.07, 6.45) is 1.75. The second-order valence-electron chi connectivity index (χ2n) is 6.17. The van der Waals surface area contributed by atoms with E-state index in [1.807, 2.05) is 13.8 Å². The van der Waals surface area contributed by atoms with Crippen LogP contribution in [0.1, 0.15) is 33.1 Å². The average molecular weight is 305 g/mol. The zero-order valence-electron chi connectivity index (χ0n) is 12.2. The Bertz CT molecular complexity index is 481. The van der Waals surface area contributed by atoms with Crippen LogP contribution in [0.25, 0.3) is 0 Å². The molecule has 0 bridgehead atoms. The number of esters is 1. The van der Waals surface area contributed by atoms with Crippen LogP contribution >= 0.6 is 0 Å². The number of hydrogen-bond donors (Lipinski definition) is 1. The van der Waals surface area contributed by atoms with E-state index < -0.39 is 32.8 Å². The molecule has 2 unspecified atom stereocenters. The number of sulfonamides is 1. The van der Waals surface area contributed by atoms with E-state index in [1.54, 1.807) is 0 Å². The molecule has 1 aliphatic carbocycles. The van der Waals surface area contributed by atoms with Gasteiger partial charge in [-0.05, 0) is 18.8 Å². The molecule has 0 spiro atoms. The van der Waals surface area contributed by atoms with Gasteiger partial charge in [-0.2, -0.15) is 4.31 Å². The summed E-state index contributed by atoms with van der Waals surface area (Å²) >= 11 is 0. The van der Waals surface area contributed by atoms with Gasteiger partial charge in [-0.15, -0.1) is 0 Å². The van der Waals surface area contributed by atoms with Gasteiger partial charge in [0.2, 0.25) is 10.0 Å². The number of carbonyl (C=O) groups excluding carboxylic acids is 1. The first-order valence-corrected chi connectivity index (χ1v) is 8.52.